The maximum atomic E-state index is 9.81. The SMILES string of the molecule is OC(CNc1cccc(Br)c1)COCc1cccs1. The van der Waals surface area contributed by atoms with Crippen LogP contribution in [0.4, 0.5) is 5.69 Å². The fourth-order valence-corrected chi connectivity index (χ4v) is 2.62. The zero-order valence-corrected chi connectivity index (χ0v) is 12.8. The third kappa shape index (κ3) is 5.32. The molecule has 0 radical (unpaired) electrons. The predicted octanol–water partition coefficient (Wildman–Crippen LogP) is 3.50. The Morgan fingerprint density at radius 1 is 1.32 bits per heavy atom. The molecular formula is C14H16BrNO2S. The summed E-state index contributed by atoms with van der Waals surface area (Å²) in [5.41, 5.74) is 0.978. The van der Waals surface area contributed by atoms with Crippen molar-refractivity contribution in [2.45, 2.75) is 12.7 Å². The van der Waals surface area contributed by atoms with Gasteiger partial charge < -0.3 is 15.2 Å². The molecule has 102 valence electrons. The number of ether oxygens (including phenoxy) is 1. The van der Waals surface area contributed by atoms with E-state index < -0.39 is 6.10 Å². The molecule has 2 N–H and O–H groups in total. The Kier molecular flexibility index (Phi) is 5.85. The van der Waals surface area contributed by atoms with Crippen molar-refractivity contribution in [3.63, 3.8) is 0 Å². The van der Waals surface area contributed by atoms with Gasteiger partial charge in [0, 0.05) is 21.6 Å². The van der Waals surface area contributed by atoms with Crippen molar-refractivity contribution >= 4 is 33.0 Å². The fraction of sp³-hybridized carbons (Fsp3) is 0.286. The molecule has 0 aliphatic heterocycles. The normalized spacial score (nSPS) is 12.3. The Balaban J connectivity index is 1.65. The van der Waals surface area contributed by atoms with Crippen LogP contribution in [-0.4, -0.2) is 24.4 Å². The lowest BCUT2D eigenvalue weighted by molar-refractivity contribution is 0.0359. The van der Waals surface area contributed by atoms with E-state index >= 15 is 0 Å². The van der Waals surface area contributed by atoms with Crippen LogP contribution in [-0.2, 0) is 11.3 Å². The topological polar surface area (TPSA) is 41.5 Å². The van der Waals surface area contributed by atoms with Gasteiger partial charge in [-0.15, -0.1) is 11.3 Å². The van der Waals surface area contributed by atoms with Gasteiger partial charge in [0.15, 0.2) is 0 Å². The van der Waals surface area contributed by atoms with Crippen LogP contribution in [0.15, 0.2) is 46.3 Å². The van der Waals surface area contributed by atoms with Crippen LogP contribution in [0.1, 0.15) is 4.88 Å². The summed E-state index contributed by atoms with van der Waals surface area (Å²) in [7, 11) is 0. The molecule has 1 aromatic heterocycles. The number of hydrogen-bond acceptors (Lipinski definition) is 4. The Bertz CT molecular complexity index is 490. The number of nitrogens with one attached hydrogen (secondary N) is 1. The molecule has 0 aliphatic carbocycles. The predicted molar refractivity (Wildman–Crippen MR) is 82.6 cm³/mol. The molecule has 0 spiro atoms. The van der Waals surface area contributed by atoms with E-state index in [2.05, 4.69) is 21.2 Å². The second-order valence-electron chi connectivity index (χ2n) is 4.14. The van der Waals surface area contributed by atoms with Crippen LogP contribution >= 0.6 is 27.3 Å². The van der Waals surface area contributed by atoms with Gasteiger partial charge in [0.2, 0.25) is 0 Å². The standard InChI is InChI=1S/C14H16BrNO2S/c15-11-3-1-4-12(7-11)16-8-13(17)9-18-10-14-5-2-6-19-14/h1-7,13,16-17H,8-10H2. The molecule has 1 unspecified atom stereocenters. The molecule has 0 fully saturated rings. The third-order valence-corrected chi connectivity index (χ3v) is 3.84. The number of aliphatic hydroxyl groups excluding tert-OH is 1. The zero-order chi connectivity index (χ0) is 13.5. The highest BCUT2D eigenvalue weighted by molar-refractivity contribution is 9.10. The van der Waals surface area contributed by atoms with Gasteiger partial charge >= 0.3 is 0 Å². The molecule has 0 saturated heterocycles. The van der Waals surface area contributed by atoms with E-state index in [1.165, 1.54) is 4.88 Å². The lowest BCUT2D eigenvalue weighted by Crippen LogP contribution is -2.24. The zero-order valence-electron chi connectivity index (χ0n) is 10.4. The van der Waals surface area contributed by atoms with Crippen molar-refractivity contribution in [3.8, 4) is 0 Å². The molecule has 0 amide bonds. The van der Waals surface area contributed by atoms with Crippen molar-refractivity contribution in [2.24, 2.45) is 0 Å². The molecule has 0 aliphatic rings. The first-order chi connectivity index (χ1) is 9.24. The summed E-state index contributed by atoms with van der Waals surface area (Å²) in [5, 5.41) is 15.0. The van der Waals surface area contributed by atoms with E-state index in [0.717, 1.165) is 10.2 Å². The van der Waals surface area contributed by atoms with Crippen molar-refractivity contribution in [1.82, 2.24) is 0 Å². The Morgan fingerprint density at radius 2 is 2.21 bits per heavy atom. The largest absolute Gasteiger partial charge is 0.389 e. The highest BCUT2D eigenvalue weighted by Gasteiger charge is 2.05. The smallest absolute Gasteiger partial charge is 0.0945 e. The number of aliphatic hydroxyl groups is 1. The Labute approximate surface area is 125 Å². The quantitative estimate of drug-likeness (QED) is 0.809. The Hall–Kier alpha value is -0.880. The van der Waals surface area contributed by atoms with Crippen LogP contribution < -0.4 is 5.32 Å². The lowest BCUT2D eigenvalue weighted by atomic mass is 10.3. The minimum atomic E-state index is -0.515. The lowest BCUT2D eigenvalue weighted by Gasteiger charge is -2.13. The maximum Gasteiger partial charge on any atom is 0.0945 e. The van der Waals surface area contributed by atoms with Gasteiger partial charge in [0.25, 0.3) is 0 Å². The average molecular weight is 342 g/mol. The van der Waals surface area contributed by atoms with Gasteiger partial charge in [-0.25, -0.2) is 0 Å². The molecule has 2 aromatic rings. The van der Waals surface area contributed by atoms with E-state index in [0.29, 0.717) is 19.8 Å². The number of anilines is 1. The summed E-state index contributed by atoms with van der Waals surface area (Å²) >= 11 is 5.07. The molecule has 1 atom stereocenters. The van der Waals surface area contributed by atoms with E-state index in [1.54, 1.807) is 11.3 Å². The molecule has 1 aromatic carbocycles. The van der Waals surface area contributed by atoms with Gasteiger partial charge in [0.05, 0.1) is 19.3 Å². The summed E-state index contributed by atoms with van der Waals surface area (Å²) < 4.78 is 6.48. The van der Waals surface area contributed by atoms with Crippen LogP contribution in [0.5, 0.6) is 0 Å². The molecule has 19 heavy (non-hydrogen) atoms. The number of benzene rings is 1. The number of halogens is 1. The minimum absolute atomic E-state index is 0.332. The van der Waals surface area contributed by atoms with Gasteiger partial charge in [-0.3, -0.25) is 0 Å². The van der Waals surface area contributed by atoms with Gasteiger partial charge in [0.1, 0.15) is 0 Å². The van der Waals surface area contributed by atoms with Crippen LogP contribution in [0, 0.1) is 0 Å². The number of rotatable bonds is 7. The summed E-state index contributed by atoms with van der Waals surface area (Å²) in [6.45, 7) is 1.37. The molecule has 3 nitrogen and oxygen atoms in total. The molecular weight excluding hydrogens is 326 g/mol. The van der Waals surface area contributed by atoms with Gasteiger partial charge in [-0.2, -0.15) is 0 Å². The van der Waals surface area contributed by atoms with Crippen molar-refractivity contribution < 1.29 is 9.84 Å². The number of thiophene rings is 1. The maximum absolute atomic E-state index is 9.81. The molecule has 0 saturated carbocycles. The van der Waals surface area contributed by atoms with Crippen molar-refractivity contribution in [1.29, 1.82) is 0 Å². The van der Waals surface area contributed by atoms with E-state index in [1.807, 2.05) is 41.8 Å². The summed E-state index contributed by atoms with van der Waals surface area (Å²) in [5.74, 6) is 0. The average Bonchev–Trinajstić information content (AvgIpc) is 2.90. The first-order valence-electron chi connectivity index (χ1n) is 6.01. The fourth-order valence-electron chi connectivity index (χ4n) is 1.58. The molecule has 5 heteroatoms. The van der Waals surface area contributed by atoms with E-state index in [9.17, 15) is 5.11 Å². The van der Waals surface area contributed by atoms with Crippen molar-refractivity contribution in [2.75, 3.05) is 18.5 Å². The summed E-state index contributed by atoms with van der Waals surface area (Å²) in [4.78, 5) is 1.17. The monoisotopic (exact) mass is 341 g/mol. The molecule has 0 bridgehead atoms. The van der Waals surface area contributed by atoms with Crippen LogP contribution in [0.2, 0.25) is 0 Å². The highest BCUT2D eigenvalue weighted by atomic mass is 79.9. The van der Waals surface area contributed by atoms with Crippen molar-refractivity contribution in [3.05, 3.63) is 51.1 Å². The third-order valence-electron chi connectivity index (χ3n) is 2.50. The van der Waals surface area contributed by atoms with Crippen LogP contribution in [0.25, 0.3) is 0 Å². The second kappa shape index (κ2) is 7.65. The minimum Gasteiger partial charge on any atom is -0.389 e. The first kappa shape index (κ1) is 14.5. The summed E-state index contributed by atoms with van der Waals surface area (Å²) in [6, 6.07) is 11.9. The van der Waals surface area contributed by atoms with Gasteiger partial charge in [-0.1, -0.05) is 28.1 Å². The van der Waals surface area contributed by atoms with E-state index in [4.69, 9.17) is 4.74 Å². The molecule has 2 rings (SSSR count). The van der Waals surface area contributed by atoms with Crippen LogP contribution in [0.3, 0.4) is 0 Å². The van der Waals surface area contributed by atoms with Gasteiger partial charge in [-0.05, 0) is 29.6 Å². The summed E-state index contributed by atoms with van der Waals surface area (Å²) in [6.07, 6.45) is -0.515. The van der Waals surface area contributed by atoms with E-state index in [-0.39, 0.29) is 0 Å². The second-order valence-corrected chi connectivity index (χ2v) is 6.09. The molecule has 1 heterocycles. The number of hydrogen-bond donors (Lipinski definition) is 2. The Morgan fingerprint density at radius 3 is 2.95 bits per heavy atom. The highest BCUT2D eigenvalue weighted by Crippen LogP contribution is 2.15. The first-order valence-corrected chi connectivity index (χ1v) is 7.69.